The number of aromatic nitrogens is 1. The summed E-state index contributed by atoms with van der Waals surface area (Å²) < 4.78 is 5.21. The monoisotopic (exact) mass is 377 g/mol. The number of benzene rings is 2. The quantitative estimate of drug-likeness (QED) is 0.351. The molecule has 148 valence electrons. The lowest BCUT2D eigenvalue weighted by molar-refractivity contribution is -0.152. The minimum absolute atomic E-state index is 0.0675. The van der Waals surface area contributed by atoms with Crippen LogP contribution in [0.4, 0.5) is 0 Å². The molecule has 0 amide bonds. The average Bonchev–Trinajstić information content (AvgIpc) is 3.10. The standard InChI is InChI=1S/C25H31NO2/c1-5-6-8-16-20(25(2,3)24(27)28-4)22-19-15-11-12-17-21(19)26-23(22)18-13-9-7-10-14-18/h7,9-15,17,20,26H,5-6,8,16H2,1-4H3. The van der Waals surface area contributed by atoms with Gasteiger partial charge in [-0.25, -0.2) is 0 Å². The molecule has 0 aliphatic rings. The van der Waals surface area contributed by atoms with Gasteiger partial charge in [0.1, 0.15) is 0 Å². The summed E-state index contributed by atoms with van der Waals surface area (Å²) in [5.41, 5.74) is 3.98. The normalized spacial score (nSPS) is 12.9. The predicted octanol–water partition coefficient (Wildman–Crippen LogP) is 6.70. The molecule has 0 saturated heterocycles. The number of unbranched alkanes of at least 4 members (excludes halogenated alkanes) is 2. The molecule has 3 nitrogen and oxygen atoms in total. The predicted molar refractivity (Wildman–Crippen MR) is 116 cm³/mol. The number of methoxy groups -OCH3 is 1. The molecule has 1 heterocycles. The Morgan fingerprint density at radius 2 is 1.71 bits per heavy atom. The fourth-order valence-electron chi connectivity index (χ4n) is 4.23. The Morgan fingerprint density at radius 3 is 2.39 bits per heavy atom. The van der Waals surface area contributed by atoms with Gasteiger partial charge in [0, 0.05) is 16.8 Å². The van der Waals surface area contributed by atoms with Gasteiger partial charge in [-0.05, 0) is 37.5 Å². The van der Waals surface area contributed by atoms with Crippen LogP contribution in [0.3, 0.4) is 0 Å². The molecule has 1 unspecified atom stereocenters. The molecule has 1 aromatic heterocycles. The van der Waals surface area contributed by atoms with Gasteiger partial charge in [0.2, 0.25) is 0 Å². The van der Waals surface area contributed by atoms with E-state index in [4.69, 9.17) is 4.74 Å². The zero-order valence-corrected chi connectivity index (χ0v) is 17.4. The fraction of sp³-hybridized carbons (Fsp3) is 0.400. The molecule has 3 aromatic rings. The number of carbonyl (C=O) groups excluding carboxylic acids is 1. The van der Waals surface area contributed by atoms with Crippen LogP contribution in [0.25, 0.3) is 22.2 Å². The van der Waals surface area contributed by atoms with Crippen molar-refractivity contribution < 1.29 is 9.53 Å². The molecule has 0 bridgehead atoms. The number of aromatic amines is 1. The second kappa shape index (κ2) is 8.64. The summed E-state index contributed by atoms with van der Waals surface area (Å²) in [6.45, 7) is 6.25. The van der Waals surface area contributed by atoms with Crippen molar-refractivity contribution in [3.8, 4) is 11.3 Å². The number of fused-ring (bicyclic) bond motifs is 1. The number of ether oxygens (including phenoxy) is 1. The Labute approximate surface area is 168 Å². The zero-order valence-electron chi connectivity index (χ0n) is 17.4. The maximum absolute atomic E-state index is 12.8. The third-order valence-electron chi connectivity index (χ3n) is 5.84. The minimum atomic E-state index is -0.614. The highest BCUT2D eigenvalue weighted by atomic mass is 16.5. The molecule has 3 rings (SSSR count). The van der Waals surface area contributed by atoms with Crippen LogP contribution in [-0.2, 0) is 9.53 Å². The maximum Gasteiger partial charge on any atom is 0.311 e. The third-order valence-corrected chi connectivity index (χ3v) is 5.84. The Kier molecular flexibility index (Phi) is 6.23. The molecule has 0 aliphatic carbocycles. The molecule has 0 radical (unpaired) electrons. The second-order valence-corrected chi connectivity index (χ2v) is 8.09. The third kappa shape index (κ3) is 3.84. The highest BCUT2D eigenvalue weighted by Crippen LogP contribution is 2.47. The maximum atomic E-state index is 12.8. The highest BCUT2D eigenvalue weighted by molar-refractivity contribution is 5.92. The van der Waals surface area contributed by atoms with Crippen molar-refractivity contribution in [3.63, 3.8) is 0 Å². The molecule has 1 N–H and O–H groups in total. The first-order valence-corrected chi connectivity index (χ1v) is 10.2. The smallest absolute Gasteiger partial charge is 0.311 e. The van der Waals surface area contributed by atoms with E-state index in [1.807, 2.05) is 19.9 Å². The van der Waals surface area contributed by atoms with E-state index in [1.165, 1.54) is 18.1 Å². The molecule has 0 saturated carbocycles. The zero-order chi connectivity index (χ0) is 20.1. The lowest BCUT2D eigenvalue weighted by Gasteiger charge is -2.33. The Hall–Kier alpha value is -2.55. The average molecular weight is 378 g/mol. The van der Waals surface area contributed by atoms with Gasteiger partial charge in [-0.15, -0.1) is 0 Å². The largest absolute Gasteiger partial charge is 0.469 e. The summed E-state index contributed by atoms with van der Waals surface area (Å²) in [5, 5.41) is 1.19. The Bertz CT molecular complexity index is 924. The van der Waals surface area contributed by atoms with Crippen molar-refractivity contribution >= 4 is 16.9 Å². The van der Waals surface area contributed by atoms with Crippen molar-refractivity contribution in [2.45, 2.75) is 52.4 Å². The van der Waals surface area contributed by atoms with E-state index in [0.717, 1.165) is 42.5 Å². The topological polar surface area (TPSA) is 42.1 Å². The number of esters is 1. The number of carbonyl (C=O) groups is 1. The van der Waals surface area contributed by atoms with Crippen molar-refractivity contribution in [1.29, 1.82) is 0 Å². The molecule has 28 heavy (non-hydrogen) atoms. The van der Waals surface area contributed by atoms with E-state index >= 15 is 0 Å². The van der Waals surface area contributed by atoms with Crippen LogP contribution in [0.5, 0.6) is 0 Å². The van der Waals surface area contributed by atoms with Gasteiger partial charge in [0.25, 0.3) is 0 Å². The van der Waals surface area contributed by atoms with Crippen LogP contribution >= 0.6 is 0 Å². The van der Waals surface area contributed by atoms with Crippen LogP contribution in [0.15, 0.2) is 54.6 Å². The van der Waals surface area contributed by atoms with Gasteiger partial charge in [-0.1, -0.05) is 74.7 Å². The Balaban J connectivity index is 2.22. The van der Waals surface area contributed by atoms with Crippen molar-refractivity contribution in [1.82, 2.24) is 4.98 Å². The lowest BCUT2D eigenvalue weighted by atomic mass is 9.71. The summed E-state index contributed by atoms with van der Waals surface area (Å²) in [5.74, 6) is -0.0869. The molecule has 2 aromatic carbocycles. The number of para-hydroxylation sites is 1. The number of rotatable bonds is 8. The first kappa shape index (κ1) is 20.2. The van der Waals surface area contributed by atoms with E-state index < -0.39 is 5.41 Å². The Morgan fingerprint density at radius 1 is 1.04 bits per heavy atom. The minimum Gasteiger partial charge on any atom is -0.469 e. The van der Waals surface area contributed by atoms with E-state index in [1.54, 1.807) is 0 Å². The van der Waals surface area contributed by atoms with Gasteiger partial charge in [-0.2, -0.15) is 0 Å². The highest BCUT2D eigenvalue weighted by Gasteiger charge is 2.40. The van der Waals surface area contributed by atoms with Crippen molar-refractivity contribution in [2.24, 2.45) is 5.41 Å². The summed E-state index contributed by atoms with van der Waals surface area (Å²) in [6.07, 6.45) is 4.37. The van der Waals surface area contributed by atoms with Gasteiger partial charge < -0.3 is 9.72 Å². The van der Waals surface area contributed by atoms with E-state index in [0.29, 0.717) is 0 Å². The molecule has 3 heteroatoms. The summed E-state index contributed by atoms with van der Waals surface area (Å²) in [6, 6.07) is 18.8. The van der Waals surface area contributed by atoms with E-state index in [-0.39, 0.29) is 11.9 Å². The van der Waals surface area contributed by atoms with Crippen molar-refractivity contribution in [2.75, 3.05) is 7.11 Å². The van der Waals surface area contributed by atoms with Crippen LogP contribution in [0, 0.1) is 5.41 Å². The van der Waals surface area contributed by atoms with E-state index in [9.17, 15) is 4.79 Å². The number of nitrogens with one attached hydrogen (secondary N) is 1. The fourth-order valence-corrected chi connectivity index (χ4v) is 4.23. The van der Waals surface area contributed by atoms with Gasteiger partial charge in [0.15, 0.2) is 0 Å². The van der Waals surface area contributed by atoms with Crippen LogP contribution in [0.1, 0.15) is 57.9 Å². The van der Waals surface area contributed by atoms with Crippen LogP contribution in [-0.4, -0.2) is 18.1 Å². The van der Waals surface area contributed by atoms with Crippen LogP contribution in [0.2, 0.25) is 0 Å². The molecular formula is C25H31NO2. The summed E-state index contributed by atoms with van der Waals surface area (Å²) in [4.78, 5) is 16.4. The molecule has 1 atom stereocenters. The molecule has 0 spiro atoms. The first-order chi connectivity index (χ1) is 13.5. The molecule has 0 fully saturated rings. The SMILES string of the molecule is CCCCCC(c1c(-c2ccccc2)[nH]c2ccccc12)C(C)(C)C(=O)OC. The van der Waals surface area contributed by atoms with Gasteiger partial charge >= 0.3 is 5.97 Å². The van der Waals surface area contributed by atoms with Crippen LogP contribution < -0.4 is 0 Å². The van der Waals surface area contributed by atoms with Gasteiger partial charge in [0.05, 0.1) is 18.2 Å². The number of hydrogen-bond donors (Lipinski definition) is 1. The summed E-state index contributed by atoms with van der Waals surface area (Å²) in [7, 11) is 1.49. The molecule has 0 aliphatic heterocycles. The van der Waals surface area contributed by atoms with Crippen molar-refractivity contribution in [3.05, 3.63) is 60.2 Å². The second-order valence-electron chi connectivity index (χ2n) is 8.09. The molecular weight excluding hydrogens is 346 g/mol. The van der Waals surface area contributed by atoms with E-state index in [2.05, 4.69) is 60.4 Å². The number of H-pyrrole nitrogens is 1. The number of hydrogen-bond acceptors (Lipinski definition) is 2. The summed E-state index contributed by atoms with van der Waals surface area (Å²) >= 11 is 0. The first-order valence-electron chi connectivity index (χ1n) is 10.2. The van der Waals surface area contributed by atoms with Gasteiger partial charge in [-0.3, -0.25) is 4.79 Å². The lowest BCUT2D eigenvalue weighted by Crippen LogP contribution is -2.33.